The fourth-order valence-electron chi connectivity index (χ4n) is 2.18. The van der Waals surface area contributed by atoms with Crippen molar-refractivity contribution in [2.75, 3.05) is 13.7 Å². The van der Waals surface area contributed by atoms with E-state index in [1.165, 1.54) is 0 Å². The van der Waals surface area contributed by atoms with E-state index in [2.05, 4.69) is 16.8 Å². The van der Waals surface area contributed by atoms with Crippen molar-refractivity contribution in [1.29, 1.82) is 0 Å². The summed E-state index contributed by atoms with van der Waals surface area (Å²) < 4.78 is 10.1. The molecule has 0 aliphatic rings. The average Bonchev–Trinajstić information content (AvgIpc) is 2.90. The van der Waals surface area contributed by atoms with Crippen LogP contribution in [-0.2, 0) is 15.1 Å². The summed E-state index contributed by atoms with van der Waals surface area (Å²) in [5.74, 6) is 5.03. The first-order valence-electron chi connectivity index (χ1n) is 6.56. The van der Waals surface area contributed by atoms with Gasteiger partial charge in [0.05, 0.1) is 13.7 Å². The summed E-state index contributed by atoms with van der Waals surface area (Å²) in [7, 11) is 1.57. The Morgan fingerprint density at radius 1 is 1.48 bits per heavy atom. The fourth-order valence-corrected chi connectivity index (χ4v) is 2.18. The van der Waals surface area contributed by atoms with Crippen molar-refractivity contribution in [2.45, 2.75) is 19.4 Å². The van der Waals surface area contributed by atoms with Gasteiger partial charge in [-0.3, -0.25) is 0 Å². The van der Waals surface area contributed by atoms with Crippen LogP contribution in [0.4, 0.5) is 0 Å². The Balaban J connectivity index is 2.60. The van der Waals surface area contributed by atoms with Crippen LogP contribution < -0.4 is 4.74 Å². The van der Waals surface area contributed by atoms with Crippen molar-refractivity contribution in [1.82, 2.24) is 4.98 Å². The van der Waals surface area contributed by atoms with Gasteiger partial charge in [-0.25, -0.2) is 4.79 Å². The van der Waals surface area contributed by atoms with Crippen LogP contribution >= 0.6 is 0 Å². The number of esters is 1. The zero-order chi connectivity index (χ0) is 15.5. The Labute approximate surface area is 122 Å². The van der Waals surface area contributed by atoms with Crippen LogP contribution in [-0.4, -0.2) is 29.8 Å². The van der Waals surface area contributed by atoms with Gasteiger partial charge < -0.3 is 19.6 Å². The molecule has 0 aliphatic heterocycles. The molecule has 21 heavy (non-hydrogen) atoms. The summed E-state index contributed by atoms with van der Waals surface area (Å²) in [6.45, 7) is 3.41. The van der Waals surface area contributed by atoms with Crippen LogP contribution in [0.1, 0.15) is 19.4 Å². The highest BCUT2D eigenvalue weighted by atomic mass is 16.5. The van der Waals surface area contributed by atoms with Crippen molar-refractivity contribution < 1.29 is 19.4 Å². The maximum absolute atomic E-state index is 12.1. The Hall–Kier alpha value is -2.45. The number of aromatic amines is 1. The second-order valence-corrected chi connectivity index (χ2v) is 4.42. The zero-order valence-corrected chi connectivity index (χ0v) is 12.2. The lowest BCUT2D eigenvalue weighted by Crippen LogP contribution is -2.35. The largest absolute Gasteiger partial charge is 0.497 e. The molecule has 1 aromatic heterocycles. The Kier molecular flexibility index (Phi) is 4.20. The number of hydrogen-bond donors (Lipinski definition) is 2. The molecule has 0 spiro atoms. The van der Waals surface area contributed by atoms with Gasteiger partial charge >= 0.3 is 5.97 Å². The molecule has 0 amide bonds. The normalized spacial score (nSPS) is 13.1. The van der Waals surface area contributed by atoms with E-state index in [0.717, 1.165) is 5.52 Å². The Bertz CT molecular complexity index is 723. The van der Waals surface area contributed by atoms with Gasteiger partial charge in [0.1, 0.15) is 5.75 Å². The van der Waals surface area contributed by atoms with Gasteiger partial charge in [-0.15, -0.1) is 5.92 Å². The van der Waals surface area contributed by atoms with Crippen LogP contribution in [0.25, 0.3) is 10.9 Å². The number of rotatable bonds is 4. The number of aliphatic hydroxyl groups is 1. The van der Waals surface area contributed by atoms with Crippen LogP contribution in [0.5, 0.6) is 5.75 Å². The van der Waals surface area contributed by atoms with Crippen LogP contribution in [0, 0.1) is 11.8 Å². The van der Waals surface area contributed by atoms with Gasteiger partial charge in [0, 0.05) is 28.7 Å². The molecular weight excluding hydrogens is 270 g/mol. The number of benzene rings is 1. The van der Waals surface area contributed by atoms with Crippen LogP contribution in [0.3, 0.4) is 0 Å². The second-order valence-electron chi connectivity index (χ2n) is 4.42. The first-order valence-corrected chi connectivity index (χ1v) is 6.56. The molecule has 1 atom stereocenters. The zero-order valence-electron chi connectivity index (χ0n) is 12.2. The molecule has 2 N–H and O–H groups in total. The summed E-state index contributed by atoms with van der Waals surface area (Å²) >= 11 is 0. The van der Waals surface area contributed by atoms with Crippen molar-refractivity contribution in [3.63, 3.8) is 0 Å². The van der Waals surface area contributed by atoms with E-state index < -0.39 is 11.6 Å². The summed E-state index contributed by atoms with van der Waals surface area (Å²) in [6.07, 6.45) is 1.56. The molecule has 0 fully saturated rings. The molecule has 5 nitrogen and oxygen atoms in total. The molecule has 1 heterocycles. The summed E-state index contributed by atoms with van der Waals surface area (Å²) in [5.41, 5.74) is -0.879. The maximum atomic E-state index is 12.1. The summed E-state index contributed by atoms with van der Waals surface area (Å²) in [6, 6.07) is 5.30. The molecule has 0 aliphatic carbocycles. The average molecular weight is 287 g/mol. The number of methoxy groups -OCH3 is 1. The van der Waals surface area contributed by atoms with Crippen molar-refractivity contribution >= 4 is 16.9 Å². The van der Waals surface area contributed by atoms with Crippen molar-refractivity contribution in [2.24, 2.45) is 0 Å². The third kappa shape index (κ3) is 2.58. The molecule has 1 unspecified atom stereocenters. The molecule has 110 valence electrons. The third-order valence-electron chi connectivity index (χ3n) is 3.16. The maximum Gasteiger partial charge on any atom is 0.356 e. The van der Waals surface area contributed by atoms with E-state index in [4.69, 9.17) is 9.47 Å². The number of hydrogen-bond acceptors (Lipinski definition) is 4. The van der Waals surface area contributed by atoms with Gasteiger partial charge in [0.25, 0.3) is 5.60 Å². The number of ether oxygens (including phenoxy) is 2. The van der Waals surface area contributed by atoms with Gasteiger partial charge in [-0.1, -0.05) is 5.92 Å². The number of carbonyl (C=O) groups excluding carboxylic acids is 1. The summed E-state index contributed by atoms with van der Waals surface area (Å²) in [4.78, 5) is 15.1. The SMILES string of the molecule is CC#CC(O)(C(=O)OCC)c1c[nH]c2cc(OC)ccc12. The van der Waals surface area contributed by atoms with Crippen molar-refractivity contribution in [3.05, 3.63) is 30.0 Å². The van der Waals surface area contributed by atoms with Crippen LogP contribution in [0.15, 0.2) is 24.4 Å². The minimum atomic E-state index is -1.99. The third-order valence-corrected chi connectivity index (χ3v) is 3.16. The summed E-state index contributed by atoms with van der Waals surface area (Å²) in [5, 5.41) is 11.4. The number of H-pyrrole nitrogens is 1. The molecule has 2 aromatic rings. The minimum absolute atomic E-state index is 0.169. The lowest BCUT2D eigenvalue weighted by atomic mass is 9.94. The molecular formula is C16H17NO4. The number of aromatic nitrogens is 1. The molecule has 1 aromatic carbocycles. The highest BCUT2D eigenvalue weighted by Crippen LogP contribution is 2.31. The number of carbonyl (C=O) groups is 1. The lowest BCUT2D eigenvalue weighted by Gasteiger charge is -2.19. The van der Waals surface area contributed by atoms with Crippen molar-refractivity contribution in [3.8, 4) is 17.6 Å². The molecule has 0 bridgehead atoms. The van der Waals surface area contributed by atoms with Gasteiger partial charge in [-0.05, 0) is 26.0 Å². The highest BCUT2D eigenvalue weighted by molar-refractivity contribution is 5.94. The predicted octanol–water partition coefficient (Wildman–Crippen LogP) is 1.95. The molecule has 0 saturated heterocycles. The lowest BCUT2D eigenvalue weighted by molar-refractivity contribution is -0.159. The van der Waals surface area contributed by atoms with Gasteiger partial charge in [0.15, 0.2) is 0 Å². The predicted molar refractivity (Wildman–Crippen MR) is 78.8 cm³/mol. The molecule has 0 saturated carbocycles. The van der Waals surface area contributed by atoms with Crippen LogP contribution in [0.2, 0.25) is 0 Å². The number of fused-ring (bicyclic) bond motifs is 1. The number of nitrogens with one attached hydrogen (secondary N) is 1. The minimum Gasteiger partial charge on any atom is -0.497 e. The van der Waals surface area contributed by atoms with E-state index in [-0.39, 0.29) is 6.61 Å². The molecule has 2 rings (SSSR count). The smallest absolute Gasteiger partial charge is 0.356 e. The molecule has 5 heteroatoms. The highest BCUT2D eigenvalue weighted by Gasteiger charge is 2.40. The first-order chi connectivity index (χ1) is 10.1. The first kappa shape index (κ1) is 14.9. The van der Waals surface area contributed by atoms with E-state index >= 15 is 0 Å². The monoisotopic (exact) mass is 287 g/mol. The Morgan fingerprint density at radius 2 is 2.24 bits per heavy atom. The second kappa shape index (κ2) is 5.90. The Morgan fingerprint density at radius 3 is 2.86 bits per heavy atom. The fraction of sp³-hybridized carbons (Fsp3) is 0.312. The van der Waals surface area contributed by atoms with E-state index in [0.29, 0.717) is 16.7 Å². The molecule has 0 radical (unpaired) electrons. The van der Waals surface area contributed by atoms with E-state index in [9.17, 15) is 9.90 Å². The van der Waals surface area contributed by atoms with E-state index in [1.807, 2.05) is 0 Å². The quantitative estimate of drug-likeness (QED) is 0.666. The standard InChI is InChI=1S/C16H17NO4/c1-4-8-16(19,15(18)21-5-2)13-10-17-14-9-11(20-3)6-7-12(13)14/h6-7,9-10,17,19H,5H2,1-3H3. The van der Waals surface area contributed by atoms with Gasteiger partial charge in [0.2, 0.25) is 0 Å². The van der Waals surface area contributed by atoms with Gasteiger partial charge in [-0.2, -0.15) is 0 Å². The van der Waals surface area contributed by atoms with E-state index in [1.54, 1.807) is 45.4 Å². The topological polar surface area (TPSA) is 71.5 Å².